The summed E-state index contributed by atoms with van der Waals surface area (Å²) in [5, 5.41) is 0. The van der Waals surface area contributed by atoms with Crippen molar-refractivity contribution in [3.05, 3.63) is 35.9 Å². The molecule has 0 spiro atoms. The molecule has 5 nitrogen and oxygen atoms in total. The van der Waals surface area contributed by atoms with Crippen molar-refractivity contribution >= 4 is 5.91 Å². The van der Waals surface area contributed by atoms with Gasteiger partial charge in [0.05, 0.1) is 24.7 Å². The van der Waals surface area contributed by atoms with Crippen molar-refractivity contribution in [2.75, 3.05) is 39.9 Å². The third-order valence-electron chi connectivity index (χ3n) is 5.09. The molecule has 2 aliphatic rings. The molecule has 3 atom stereocenters. The van der Waals surface area contributed by atoms with Gasteiger partial charge >= 0.3 is 0 Å². The fourth-order valence-electron chi connectivity index (χ4n) is 4.00. The summed E-state index contributed by atoms with van der Waals surface area (Å²) in [4.78, 5) is 17.5. The Kier molecular flexibility index (Phi) is 6.45. The number of rotatable bonds is 5. The van der Waals surface area contributed by atoms with Gasteiger partial charge < -0.3 is 14.4 Å². The maximum Gasteiger partial charge on any atom is 0.227 e. The van der Waals surface area contributed by atoms with Crippen LogP contribution in [0.4, 0.5) is 0 Å². The molecule has 0 bridgehead atoms. The second-order valence-corrected chi connectivity index (χ2v) is 7.33. The van der Waals surface area contributed by atoms with Gasteiger partial charge in [0, 0.05) is 33.3 Å². The van der Waals surface area contributed by atoms with Crippen molar-refractivity contribution in [2.45, 2.75) is 38.5 Å². The summed E-state index contributed by atoms with van der Waals surface area (Å²) in [6.45, 7) is 6.76. The van der Waals surface area contributed by atoms with E-state index in [0.29, 0.717) is 19.7 Å². The number of hydrogen-bond acceptors (Lipinski definition) is 4. The molecule has 25 heavy (non-hydrogen) atoms. The molecule has 5 heteroatoms. The normalized spacial score (nSPS) is 28.1. The summed E-state index contributed by atoms with van der Waals surface area (Å²) in [6, 6.07) is 10.5. The summed E-state index contributed by atoms with van der Waals surface area (Å²) >= 11 is 0. The van der Waals surface area contributed by atoms with Crippen LogP contribution in [-0.2, 0) is 20.8 Å². The topological polar surface area (TPSA) is 42.0 Å². The van der Waals surface area contributed by atoms with Crippen molar-refractivity contribution in [1.82, 2.24) is 9.80 Å². The molecule has 0 N–H and O–H groups in total. The highest BCUT2D eigenvalue weighted by Gasteiger charge is 2.34. The number of piperidine rings is 1. The number of morpholine rings is 1. The Morgan fingerprint density at radius 2 is 2.04 bits per heavy atom. The quantitative estimate of drug-likeness (QED) is 0.819. The minimum atomic E-state index is -0.0123. The average molecular weight is 346 g/mol. The van der Waals surface area contributed by atoms with Crippen LogP contribution in [0.5, 0.6) is 0 Å². The smallest absolute Gasteiger partial charge is 0.227 e. The van der Waals surface area contributed by atoms with E-state index < -0.39 is 0 Å². The fourth-order valence-corrected chi connectivity index (χ4v) is 4.00. The van der Waals surface area contributed by atoms with Gasteiger partial charge in [-0.3, -0.25) is 9.69 Å². The summed E-state index contributed by atoms with van der Waals surface area (Å²) in [5.41, 5.74) is 1.32. The highest BCUT2D eigenvalue weighted by atomic mass is 16.5. The Bertz CT molecular complexity index is 551. The van der Waals surface area contributed by atoms with Gasteiger partial charge in [0.2, 0.25) is 5.91 Å². The van der Waals surface area contributed by atoms with E-state index in [1.54, 1.807) is 7.11 Å². The van der Waals surface area contributed by atoms with Gasteiger partial charge in [-0.05, 0) is 31.9 Å². The maximum atomic E-state index is 13.0. The molecule has 0 aromatic heterocycles. The molecule has 2 aliphatic heterocycles. The van der Waals surface area contributed by atoms with E-state index in [1.807, 2.05) is 17.9 Å². The lowest BCUT2D eigenvalue weighted by Gasteiger charge is -2.40. The zero-order valence-corrected chi connectivity index (χ0v) is 15.4. The SMILES string of the molecule is COC[C@@H]1CN(C(=O)[C@@H]2CCCN(Cc3ccccc3)C2)C[C@H](C)O1. The number of ether oxygens (including phenoxy) is 2. The largest absolute Gasteiger partial charge is 0.382 e. The van der Waals surface area contributed by atoms with Gasteiger partial charge in [0.25, 0.3) is 0 Å². The van der Waals surface area contributed by atoms with Crippen LogP contribution in [0.2, 0.25) is 0 Å². The molecule has 0 saturated carbocycles. The number of hydrogen-bond donors (Lipinski definition) is 0. The second-order valence-electron chi connectivity index (χ2n) is 7.33. The Balaban J connectivity index is 1.57. The van der Waals surface area contributed by atoms with Crippen molar-refractivity contribution in [1.29, 1.82) is 0 Å². The van der Waals surface area contributed by atoms with Crippen molar-refractivity contribution in [3.8, 4) is 0 Å². The number of benzene rings is 1. The van der Waals surface area contributed by atoms with E-state index in [1.165, 1.54) is 5.56 Å². The molecule has 1 aromatic rings. The van der Waals surface area contributed by atoms with Crippen LogP contribution in [0.25, 0.3) is 0 Å². The maximum absolute atomic E-state index is 13.0. The Hall–Kier alpha value is -1.43. The number of methoxy groups -OCH3 is 1. The summed E-state index contributed by atoms with van der Waals surface area (Å²) in [7, 11) is 1.68. The third-order valence-corrected chi connectivity index (χ3v) is 5.09. The van der Waals surface area contributed by atoms with E-state index in [9.17, 15) is 4.79 Å². The average Bonchev–Trinajstić information content (AvgIpc) is 2.62. The van der Waals surface area contributed by atoms with E-state index >= 15 is 0 Å². The van der Waals surface area contributed by atoms with Crippen molar-refractivity contribution in [3.63, 3.8) is 0 Å². The second kappa shape index (κ2) is 8.79. The van der Waals surface area contributed by atoms with Gasteiger partial charge in [-0.2, -0.15) is 0 Å². The predicted octanol–water partition coefficient (Wildman–Crippen LogP) is 2.16. The minimum Gasteiger partial charge on any atom is -0.382 e. The molecule has 1 amide bonds. The van der Waals surface area contributed by atoms with Gasteiger partial charge in [-0.15, -0.1) is 0 Å². The third kappa shape index (κ3) is 5.03. The van der Waals surface area contributed by atoms with Gasteiger partial charge in [-0.1, -0.05) is 30.3 Å². The molecule has 138 valence electrons. The van der Waals surface area contributed by atoms with E-state index in [4.69, 9.17) is 9.47 Å². The summed E-state index contributed by atoms with van der Waals surface area (Å²) < 4.78 is 11.1. The van der Waals surface area contributed by atoms with Crippen LogP contribution < -0.4 is 0 Å². The fraction of sp³-hybridized carbons (Fsp3) is 0.650. The molecule has 2 fully saturated rings. The zero-order chi connectivity index (χ0) is 17.6. The number of nitrogens with zero attached hydrogens (tertiary/aromatic N) is 2. The molecule has 1 aromatic carbocycles. The molecule has 2 saturated heterocycles. The van der Waals surface area contributed by atoms with Crippen LogP contribution in [0.3, 0.4) is 0 Å². The Labute approximate surface area is 150 Å². The van der Waals surface area contributed by atoms with Crippen LogP contribution in [-0.4, -0.2) is 67.8 Å². The lowest BCUT2D eigenvalue weighted by molar-refractivity contribution is -0.153. The van der Waals surface area contributed by atoms with Crippen LogP contribution in [0, 0.1) is 5.92 Å². The summed E-state index contributed by atoms with van der Waals surface area (Å²) in [6.07, 6.45) is 2.14. The first-order chi connectivity index (χ1) is 12.2. The zero-order valence-electron chi connectivity index (χ0n) is 15.4. The van der Waals surface area contributed by atoms with Gasteiger partial charge in [0.15, 0.2) is 0 Å². The van der Waals surface area contributed by atoms with Gasteiger partial charge in [0.1, 0.15) is 0 Å². The molecule has 3 rings (SSSR count). The van der Waals surface area contributed by atoms with E-state index in [-0.39, 0.29) is 24.0 Å². The number of carbonyl (C=O) groups is 1. The highest BCUT2D eigenvalue weighted by Crippen LogP contribution is 2.23. The number of carbonyl (C=O) groups excluding carboxylic acids is 1. The number of likely N-dealkylation sites (tertiary alicyclic amines) is 1. The molecule has 0 aliphatic carbocycles. The highest BCUT2D eigenvalue weighted by molar-refractivity contribution is 5.79. The lowest BCUT2D eigenvalue weighted by Crippen LogP contribution is -2.53. The minimum absolute atomic E-state index is 0.0123. The molecular formula is C20H30N2O3. The lowest BCUT2D eigenvalue weighted by atomic mass is 9.95. The monoisotopic (exact) mass is 346 g/mol. The van der Waals surface area contributed by atoms with E-state index in [2.05, 4.69) is 29.2 Å². The summed E-state index contributed by atoms with van der Waals surface area (Å²) in [5.74, 6) is 0.389. The number of amides is 1. The van der Waals surface area contributed by atoms with Crippen LogP contribution >= 0.6 is 0 Å². The van der Waals surface area contributed by atoms with Crippen LogP contribution in [0.1, 0.15) is 25.3 Å². The van der Waals surface area contributed by atoms with Crippen molar-refractivity contribution in [2.24, 2.45) is 5.92 Å². The molecular weight excluding hydrogens is 316 g/mol. The van der Waals surface area contributed by atoms with Gasteiger partial charge in [-0.25, -0.2) is 0 Å². The first kappa shape index (κ1) is 18.4. The molecule has 2 heterocycles. The predicted molar refractivity (Wildman–Crippen MR) is 97.2 cm³/mol. The Morgan fingerprint density at radius 1 is 1.24 bits per heavy atom. The molecule has 0 unspecified atom stereocenters. The van der Waals surface area contributed by atoms with Crippen molar-refractivity contribution < 1.29 is 14.3 Å². The van der Waals surface area contributed by atoms with Crippen LogP contribution in [0.15, 0.2) is 30.3 Å². The molecule has 0 radical (unpaired) electrons. The first-order valence-corrected chi connectivity index (χ1v) is 9.35. The standard InChI is InChI=1S/C20H30N2O3/c1-16-11-22(14-19(25-16)15-24-2)20(23)18-9-6-10-21(13-18)12-17-7-4-3-5-8-17/h3-5,7-8,16,18-19H,6,9-15H2,1-2H3/t16-,18+,19-/m0/s1. The first-order valence-electron chi connectivity index (χ1n) is 9.35. The van der Waals surface area contributed by atoms with E-state index in [0.717, 1.165) is 32.5 Å². The Morgan fingerprint density at radius 3 is 2.80 bits per heavy atom.